The Morgan fingerprint density at radius 2 is 1.92 bits per heavy atom. The summed E-state index contributed by atoms with van der Waals surface area (Å²) in [7, 11) is 0. The molecule has 1 fully saturated rings. The van der Waals surface area contributed by atoms with Crippen LogP contribution in [0.4, 0.5) is 23.7 Å². The number of urea groups is 1. The van der Waals surface area contributed by atoms with Crippen molar-refractivity contribution in [3.63, 3.8) is 0 Å². The lowest BCUT2D eigenvalue weighted by Gasteiger charge is -2.31. The van der Waals surface area contributed by atoms with E-state index in [4.69, 9.17) is 11.2 Å². The molecule has 7 heteroatoms. The summed E-state index contributed by atoms with van der Waals surface area (Å²) in [4.78, 5) is 13.8. The first-order chi connectivity index (χ1) is 11.4. The molecule has 24 heavy (non-hydrogen) atoms. The number of alkyl halides is 3. The molecule has 4 nitrogen and oxygen atoms in total. The third-order valence-corrected chi connectivity index (χ3v) is 3.90. The molecular weight excluding hydrogens is 321 g/mol. The van der Waals surface area contributed by atoms with Crippen LogP contribution < -0.4 is 5.32 Å². The Labute approximate surface area is 139 Å². The van der Waals surface area contributed by atoms with Gasteiger partial charge in [-0.3, -0.25) is 0 Å². The second-order valence-electron chi connectivity index (χ2n) is 5.65. The number of piperidine rings is 1. The van der Waals surface area contributed by atoms with Gasteiger partial charge < -0.3 is 15.0 Å². The van der Waals surface area contributed by atoms with E-state index in [2.05, 4.69) is 11.2 Å². The minimum absolute atomic E-state index is 0.286. The van der Waals surface area contributed by atoms with Gasteiger partial charge in [0.25, 0.3) is 0 Å². The van der Waals surface area contributed by atoms with Gasteiger partial charge in [0.05, 0.1) is 12.2 Å². The number of hydrogen-bond acceptors (Lipinski definition) is 2. The maximum atomic E-state index is 12.5. The Kier molecular flexibility index (Phi) is 6.10. The van der Waals surface area contributed by atoms with Crippen LogP contribution in [0.3, 0.4) is 0 Å². The van der Waals surface area contributed by atoms with Gasteiger partial charge in [-0.2, -0.15) is 13.2 Å². The monoisotopic (exact) mass is 340 g/mol. The molecule has 2 rings (SSSR count). The Morgan fingerprint density at radius 1 is 1.29 bits per heavy atom. The van der Waals surface area contributed by atoms with E-state index in [-0.39, 0.29) is 12.6 Å². The first-order valence-electron chi connectivity index (χ1n) is 7.64. The number of nitrogens with zero attached hydrogens (tertiary/aromatic N) is 1. The molecule has 130 valence electrons. The fourth-order valence-electron chi connectivity index (χ4n) is 2.53. The third kappa shape index (κ3) is 5.17. The second-order valence-corrected chi connectivity index (χ2v) is 5.65. The van der Waals surface area contributed by atoms with E-state index in [0.29, 0.717) is 31.3 Å². The quantitative estimate of drug-likeness (QED) is 0.672. The van der Waals surface area contributed by atoms with Crippen molar-refractivity contribution in [2.24, 2.45) is 5.92 Å². The Morgan fingerprint density at radius 3 is 2.46 bits per heavy atom. The summed E-state index contributed by atoms with van der Waals surface area (Å²) in [5.74, 6) is 2.78. The molecule has 0 bridgehead atoms. The molecule has 0 saturated carbocycles. The van der Waals surface area contributed by atoms with E-state index in [1.165, 1.54) is 12.1 Å². The summed E-state index contributed by atoms with van der Waals surface area (Å²) >= 11 is 0. The first kappa shape index (κ1) is 18.1. The van der Waals surface area contributed by atoms with Gasteiger partial charge in [-0.25, -0.2) is 4.79 Å². The van der Waals surface area contributed by atoms with E-state index in [0.717, 1.165) is 25.0 Å². The van der Waals surface area contributed by atoms with Gasteiger partial charge in [0.2, 0.25) is 0 Å². The number of benzene rings is 1. The smallest absolute Gasteiger partial charge is 0.369 e. The summed E-state index contributed by atoms with van der Waals surface area (Å²) < 4.78 is 42.8. The summed E-state index contributed by atoms with van der Waals surface area (Å²) in [6.45, 7) is 2.03. The Balaban J connectivity index is 1.80. The largest absolute Gasteiger partial charge is 0.416 e. The summed E-state index contributed by atoms with van der Waals surface area (Å²) in [6, 6.07) is 4.09. The predicted octanol–water partition coefficient (Wildman–Crippen LogP) is 3.60. The van der Waals surface area contributed by atoms with Gasteiger partial charge in [0.1, 0.15) is 6.61 Å². The van der Waals surface area contributed by atoms with Crippen molar-refractivity contribution in [3.8, 4) is 12.3 Å². The minimum Gasteiger partial charge on any atom is -0.369 e. The fraction of sp³-hybridized carbons (Fsp3) is 0.471. The average molecular weight is 340 g/mol. The maximum Gasteiger partial charge on any atom is 0.416 e. The molecule has 1 aromatic rings. The molecule has 0 unspecified atom stereocenters. The molecule has 1 aliphatic rings. The molecule has 1 N–H and O–H groups in total. The molecule has 1 aliphatic heterocycles. The zero-order valence-corrected chi connectivity index (χ0v) is 13.1. The third-order valence-electron chi connectivity index (χ3n) is 3.90. The number of hydrogen-bond donors (Lipinski definition) is 1. The molecule has 1 aromatic carbocycles. The highest BCUT2D eigenvalue weighted by atomic mass is 19.4. The molecule has 0 spiro atoms. The van der Waals surface area contributed by atoms with Crippen LogP contribution in [-0.4, -0.2) is 37.2 Å². The first-order valence-corrected chi connectivity index (χ1v) is 7.64. The van der Waals surface area contributed by atoms with Crippen LogP contribution in [0.25, 0.3) is 0 Å². The lowest BCUT2D eigenvalue weighted by molar-refractivity contribution is -0.137. The number of rotatable bonds is 4. The van der Waals surface area contributed by atoms with Gasteiger partial charge in [-0.1, -0.05) is 5.92 Å². The number of ether oxygens (including phenoxy) is 1. The van der Waals surface area contributed by atoms with Gasteiger partial charge >= 0.3 is 12.2 Å². The van der Waals surface area contributed by atoms with Crippen LogP contribution in [0.1, 0.15) is 18.4 Å². The van der Waals surface area contributed by atoms with Gasteiger partial charge in [0.15, 0.2) is 0 Å². The molecule has 0 aliphatic carbocycles. The average Bonchev–Trinajstić information content (AvgIpc) is 2.55. The number of anilines is 1. The number of nitrogens with one attached hydrogen (secondary N) is 1. The number of carbonyl (C=O) groups excluding carboxylic acids is 1. The molecule has 0 aromatic heterocycles. The summed E-state index contributed by atoms with van der Waals surface area (Å²) in [6.07, 6.45) is 2.35. The maximum absolute atomic E-state index is 12.5. The standard InChI is InChI=1S/C17H19F3N2O2/c1-2-11-24-12-13-7-9-22(10-8-13)16(23)21-15-5-3-14(4-6-15)17(18,19)20/h1,3-6,13H,7-12H2,(H,21,23). The van der Waals surface area contributed by atoms with Crippen LogP contribution in [0.15, 0.2) is 24.3 Å². The molecule has 0 atom stereocenters. The molecule has 1 saturated heterocycles. The van der Waals surface area contributed by atoms with Crippen LogP contribution in [0.5, 0.6) is 0 Å². The molecule has 1 heterocycles. The van der Waals surface area contributed by atoms with Crippen molar-refractivity contribution in [1.82, 2.24) is 4.90 Å². The predicted molar refractivity (Wildman–Crippen MR) is 84.4 cm³/mol. The topological polar surface area (TPSA) is 41.6 Å². The van der Waals surface area contributed by atoms with Crippen molar-refractivity contribution in [3.05, 3.63) is 29.8 Å². The van der Waals surface area contributed by atoms with Crippen LogP contribution in [0, 0.1) is 18.3 Å². The van der Waals surface area contributed by atoms with Crippen molar-refractivity contribution in [2.75, 3.05) is 31.6 Å². The number of carbonyl (C=O) groups is 1. The second kappa shape index (κ2) is 8.06. The lowest BCUT2D eigenvalue weighted by Crippen LogP contribution is -2.41. The van der Waals surface area contributed by atoms with E-state index < -0.39 is 11.7 Å². The van der Waals surface area contributed by atoms with E-state index in [9.17, 15) is 18.0 Å². The summed E-state index contributed by atoms with van der Waals surface area (Å²) in [5, 5.41) is 2.62. The zero-order chi connectivity index (χ0) is 17.6. The molecule has 2 amide bonds. The van der Waals surface area contributed by atoms with Crippen molar-refractivity contribution >= 4 is 11.7 Å². The highest BCUT2D eigenvalue weighted by molar-refractivity contribution is 5.89. The van der Waals surface area contributed by atoms with Crippen LogP contribution >= 0.6 is 0 Å². The van der Waals surface area contributed by atoms with Crippen molar-refractivity contribution in [1.29, 1.82) is 0 Å². The van der Waals surface area contributed by atoms with Gasteiger partial charge in [-0.05, 0) is 43.0 Å². The molecular formula is C17H19F3N2O2. The number of halogens is 3. The minimum atomic E-state index is -4.38. The molecule has 0 radical (unpaired) electrons. The van der Waals surface area contributed by atoms with Gasteiger partial charge in [0, 0.05) is 18.8 Å². The highest BCUT2D eigenvalue weighted by Gasteiger charge is 2.30. The highest BCUT2D eigenvalue weighted by Crippen LogP contribution is 2.30. The summed E-state index contributed by atoms with van der Waals surface area (Å²) in [5.41, 5.74) is -0.402. The van der Waals surface area contributed by atoms with Crippen LogP contribution in [0.2, 0.25) is 0 Å². The van der Waals surface area contributed by atoms with Crippen molar-refractivity contribution in [2.45, 2.75) is 19.0 Å². The number of likely N-dealkylation sites (tertiary alicyclic amines) is 1. The normalized spacial score (nSPS) is 15.8. The SMILES string of the molecule is C#CCOCC1CCN(C(=O)Nc2ccc(C(F)(F)F)cc2)CC1. The van der Waals surface area contributed by atoms with E-state index in [1.807, 2.05) is 0 Å². The Bertz CT molecular complexity index is 585. The number of terminal acetylenes is 1. The van der Waals surface area contributed by atoms with Gasteiger partial charge in [-0.15, -0.1) is 6.42 Å². The zero-order valence-electron chi connectivity index (χ0n) is 13.1. The fourth-order valence-corrected chi connectivity index (χ4v) is 2.53. The van der Waals surface area contributed by atoms with Crippen molar-refractivity contribution < 1.29 is 22.7 Å². The van der Waals surface area contributed by atoms with E-state index >= 15 is 0 Å². The lowest BCUT2D eigenvalue weighted by atomic mass is 9.98. The Hall–Kier alpha value is -2.20. The van der Waals surface area contributed by atoms with Crippen LogP contribution in [-0.2, 0) is 10.9 Å². The number of amides is 2. The van der Waals surface area contributed by atoms with E-state index in [1.54, 1.807) is 4.90 Å².